The maximum Gasteiger partial charge on any atom is 0.237 e. The van der Waals surface area contributed by atoms with Crippen molar-refractivity contribution in [2.24, 2.45) is 0 Å². The Bertz CT molecular complexity index is 871. The molecule has 128 valence electrons. The van der Waals surface area contributed by atoms with Gasteiger partial charge in [-0.05, 0) is 49.4 Å². The van der Waals surface area contributed by atoms with Gasteiger partial charge >= 0.3 is 0 Å². The average molecular weight is 438 g/mol. The molecule has 0 saturated heterocycles. The van der Waals surface area contributed by atoms with Gasteiger partial charge in [-0.15, -0.1) is 11.8 Å². The van der Waals surface area contributed by atoms with Crippen LogP contribution in [0, 0.1) is 0 Å². The Morgan fingerprint density at radius 2 is 2.04 bits per heavy atom. The van der Waals surface area contributed by atoms with Gasteiger partial charge in [-0.2, -0.15) is 5.10 Å². The van der Waals surface area contributed by atoms with Gasteiger partial charge in [0.15, 0.2) is 0 Å². The summed E-state index contributed by atoms with van der Waals surface area (Å²) in [6.07, 6.45) is 3.04. The smallest absolute Gasteiger partial charge is 0.237 e. The van der Waals surface area contributed by atoms with Crippen LogP contribution in [0.5, 0.6) is 0 Å². The fourth-order valence-electron chi connectivity index (χ4n) is 2.15. The summed E-state index contributed by atoms with van der Waals surface area (Å²) in [5.74, 6) is -0.0978. The number of hydrogen-bond donors (Lipinski definition) is 1. The molecule has 25 heavy (non-hydrogen) atoms. The molecule has 5 nitrogen and oxygen atoms in total. The van der Waals surface area contributed by atoms with Crippen molar-refractivity contribution >= 4 is 50.9 Å². The number of benzene rings is 2. The first-order valence-corrected chi connectivity index (χ1v) is 9.45. The van der Waals surface area contributed by atoms with Crippen LogP contribution in [-0.2, 0) is 4.79 Å². The number of carbonyl (C=O) groups excluding carboxylic acids is 1. The number of thioether (sulfide) groups is 1. The number of halogens is 2. The van der Waals surface area contributed by atoms with E-state index in [0.29, 0.717) is 10.7 Å². The van der Waals surface area contributed by atoms with E-state index in [-0.39, 0.29) is 11.2 Å². The third kappa shape index (κ3) is 4.62. The Balaban J connectivity index is 1.76. The summed E-state index contributed by atoms with van der Waals surface area (Å²) >= 11 is 10.8. The van der Waals surface area contributed by atoms with Crippen molar-refractivity contribution in [3.8, 4) is 5.69 Å². The van der Waals surface area contributed by atoms with E-state index in [2.05, 4.69) is 31.3 Å². The monoisotopic (exact) mass is 436 g/mol. The molecule has 3 aromatic rings. The first-order chi connectivity index (χ1) is 12.0. The molecular weight excluding hydrogens is 424 g/mol. The van der Waals surface area contributed by atoms with E-state index in [1.807, 2.05) is 49.4 Å². The predicted molar refractivity (Wildman–Crippen MR) is 104 cm³/mol. The largest absolute Gasteiger partial charge is 0.323 e. The molecule has 0 bridgehead atoms. The highest BCUT2D eigenvalue weighted by Gasteiger charge is 2.17. The standard InChI is InChI=1S/C17H14BrClN4OS/c1-11(25-14-5-3-13(19)4-6-14)17(24)22-15-8-12(18)2-7-16(15)23-10-20-9-21-23/h2-11H,1H3,(H,22,24). The third-order valence-electron chi connectivity index (χ3n) is 3.38. The number of nitrogens with one attached hydrogen (secondary N) is 1. The number of nitrogens with zero attached hydrogens (tertiary/aromatic N) is 3. The number of aromatic nitrogens is 3. The van der Waals surface area contributed by atoms with Gasteiger partial charge in [-0.25, -0.2) is 9.67 Å². The van der Waals surface area contributed by atoms with Gasteiger partial charge in [-0.3, -0.25) is 4.79 Å². The summed E-state index contributed by atoms with van der Waals surface area (Å²) in [6, 6.07) is 13.0. The molecule has 0 spiro atoms. The number of hydrogen-bond acceptors (Lipinski definition) is 4. The molecule has 1 N–H and O–H groups in total. The normalized spacial score (nSPS) is 12.0. The number of rotatable bonds is 5. The lowest BCUT2D eigenvalue weighted by Crippen LogP contribution is -2.23. The van der Waals surface area contributed by atoms with Crippen LogP contribution in [0.15, 0.2) is 64.5 Å². The Labute approximate surface area is 162 Å². The van der Waals surface area contributed by atoms with Crippen LogP contribution in [0.4, 0.5) is 5.69 Å². The van der Waals surface area contributed by atoms with Crippen molar-refractivity contribution in [1.29, 1.82) is 0 Å². The van der Waals surface area contributed by atoms with Gasteiger partial charge < -0.3 is 5.32 Å². The molecule has 0 aliphatic heterocycles. The molecular formula is C17H14BrClN4OS. The van der Waals surface area contributed by atoms with Crippen LogP contribution in [0.1, 0.15) is 6.92 Å². The van der Waals surface area contributed by atoms with E-state index in [1.54, 1.807) is 11.0 Å². The van der Waals surface area contributed by atoms with Gasteiger partial charge in [-0.1, -0.05) is 27.5 Å². The van der Waals surface area contributed by atoms with E-state index >= 15 is 0 Å². The molecule has 0 fully saturated rings. The maximum absolute atomic E-state index is 12.6. The van der Waals surface area contributed by atoms with Crippen molar-refractivity contribution in [3.63, 3.8) is 0 Å². The molecule has 3 rings (SSSR count). The molecule has 1 atom stereocenters. The molecule has 0 saturated carbocycles. The number of amides is 1. The predicted octanol–water partition coefficient (Wildman–Crippen LogP) is 4.80. The minimum absolute atomic E-state index is 0.0978. The highest BCUT2D eigenvalue weighted by Crippen LogP contribution is 2.28. The SMILES string of the molecule is CC(Sc1ccc(Cl)cc1)C(=O)Nc1cc(Br)ccc1-n1cncn1. The Kier molecular flexibility index (Phi) is 5.78. The first kappa shape index (κ1) is 18.0. The molecule has 8 heteroatoms. The second-order valence-electron chi connectivity index (χ2n) is 5.20. The zero-order chi connectivity index (χ0) is 17.8. The second-order valence-corrected chi connectivity index (χ2v) is 7.97. The highest BCUT2D eigenvalue weighted by molar-refractivity contribution is 9.10. The summed E-state index contributed by atoms with van der Waals surface area (Å²) in [6.45, 7) is 1.86. The lowest BCUT2D eigenvalue weighted by molar-refractivity contribution is -0.115. The average Bonchev–Trinajstić information content (AvgIpc) is 3.11. The summed E-state index contributed by atoms with van der Waals surface area (Å²) < 4.78 is 2.48. The number of anilines is 1. The zero-order valence-corrected chi connectivity index (χ0v) is 16.3. The molecule has 1 unspecified atom stereocenters. The second kappa shape index (κ2) is 8.03. The van der Waals surface area contributed by atoms with E-state index in [9.17, 15) is 4.79 Å². The fraction of sp³-hybridized carbons (Fsp3) is 0.118. The minimum atomic E-state index is -0.274. The molecule has 2 aromatic carbocycles. The zero-order valence-electron chi connectivity index (χ0n) is 13.2. The molecule has 1 aromatic heterocycles. The van der Waals surface area contributed by atoms with Crippen LogP contribution in [0.2, 0.25) is 5.02 Å². The van der Waals surface area contributed by atoms with Crippen molar-refractivity contribution in [1.82, 2.24) is 14.8 Å². The first-order valence-electron chi connectivity index (χ1n) is 7.40. The fourth-order valence-corrected chi connectivity index (χ4v) is 3.50. The molecule has 0 radical (unpaired) electrons. The lowest BCUT2D eigenvalue weighted by Gasteiger charge is -2.15. The van der Waals surface area contributed by atoms with Gasteiger partial charge in [0.1, 0.15) is 12.7 Å². The third-order valence-corrected chi connectivity index (χ3v) is 5.23. The van der Waals surface area contributed by atoms with Crippen molar-refractivity contribution in [2.45, 2.75) is 17.1 Å². The molecule has 0 aliphatic carbocycles. The Morgan fingerprint density at radius 3 is 2.72 bits per heavy atom. The summed E-state index contributed by atoms with van der Waals surface area (Å²) in [5, 5.41) is 7.49. The van der Waals surface area contributed by atoms with Crippen LogP contribution in [-0.4, -0.2) is 25.9 Å². The van der Waals surface area contributed by atoms with Crippen LogP contribution in [0.3, 0.4) is 0 Å². The van der Waals surface area contributed by atoms with E-state index in [0.717, 1.165) is 15.1 Å². The van der Waals surface area contributed by atoms with Crippen LogP contribution >= 0.6 is 39.3 Å². The maximum atomic E-state index is 12.6. The summed E-state index contributed by atoms with van der Waals surface area (Å²) in [5.41, 5.74) is 1.41. The van der Waals surface area contributed by atoms with Crippen LogP contribution < -0.4 is 5.32 Å². The number of carbonyl (C=O) groups is 1. The highest BCUT2D eigenvalue weighted by atomic mass is 79.9. The van der Waals surface area contributed by atoms with E-state index < -0.39 is 0 Å². The molecule has 1 heterocycles. The Morgan fingerprint density at radius 1 is 1.28 bits per heavy atom. The lowest BCUT2D eigenvalue weighted by atomic mass is 10.2. The summed E-state index contributed by atoms with van der Waals surface area (Å²) in [4.78, 5) is 17.5. The quantitative estimate of drug-likeness (QED) is 0.582. The van der Waals surface area contributed by atoms with Crippen LogP contribution in [0.25, 0.3) is 5.69 Å². The van der Waals surface area contributed by atoms with Crippen molar-refractivity contribution < 1.29 is 4.79 Å². The van der Waals surface area contributed by atoms with Gasteiger partial charge in [0, 0.05) is 14.4 Å². The van der Waals surface area contributed by atoms with E-state index in [1.165, 1.54) is 18.1 Å². The molecule has 1 amide bonds. The minimum Gasteiger partial charge on any atom is -0.323 e. The molecule has 0 aliphatic rings. The van der Waals surface area contributed by atoms with Crippen molar-refractivity contribution in [2.75, 3.05) is 5.32 Å². The summed E-state index contributed by atoms with van der Waals surface area (Å²) in [7, 11) is 0. The van der Waals surface area contributed by atoms with Crippen molar-refractivity contribution in [3.05, 3.63) is 64.6 Å². The van der Waals surface area contributed by atoms with Gasteiger partial charge in [0.25, 0.3) is 0 Å². The van der Waals surface area contributed by atoms with E-state index in [4.69, 9.17) is 11.6 Å². The van der Waals surface area contributed by atoms with Gasteiger partial charge in [0.2, 0.25) is 5.91 Å². The Hall–Kier alpha value is -1.83. The van der Waals surface area contributed by atoms with Gasteiger partial charge in [0.05, 0.1) is 16.6 Å². The topological polar surface area (TPSA) is 59.8 Å².